The molecule has 0 aromatic carbocycles. The fourth-order valence-electron chi connectivity index (χ4n) is 1.78. The molecule has 0 fully saturated rings. The van der Waals surface area contributed by atoms with Gasteiger partial charge in [-0.05, 0) is 26.0 Å². The molecule has 1 aromatic heterocycles. The zero-order chi connectivity index (χ0) is 15.0. The van der Waals surface area contributed by atoms with Gasteiger partial charge < -0.3 is 14.2 Å². The zero-order valence-corrected chi connectivity index (χ0v) is 11.8. The van der Waals surface area contributed by atoms with Gasteiger partial charge in [0.1, 0.15) is 0 Å². The van der Waals surface area contributed by atoms with Crippen LogP contribution in [0.3, 0.4) is 0 Å². The maximum absolute atomic E-state index is 12.0. The van der Waals surface area contributed by atoms with Crippen molar-refractivity contribution < 1.29 is 9.53 Å². The van der Waals surface area contributed by atoms with Crippen LogP contribution >= 0.6 is 0 Å². The van der Waals surface area contributed by atoms with Crippen LogP contribution in [-0.2, 0) is 11.3 Å². The van der Waals surface area contributed by atoms with Crippen LogP contribution in [0.4, 0.5) is 0 Å². The Labute approximate surface area is 118 Å². The van der Waals surface area contributed by atoms with Gasteiger partial charge in [-0.1, -0.05) is 0 Å². The second kappa shape index (κ2) is 8.00. The van der Waals surface area contributed by atoms with Gasteiger partial charge in [-0.15, -0.1) is 0 Å². The van der Waals surface area contributed by atoms with Gasteiger partial charge in [-0.3, -0.25) is 9.59 Å². The standard InChI is InChI=1S/C14H19N3O3/c1-3-16(4-2)13(18)11-20-12-7-5-9-17(14(12)19)10-6-8-15/h5,7,9H,3-4,6,10-11H2,1-2H3. The van der Waals surface area contributed by atoms with Gasteiger partial charge in [0.25, 0.3) is 11.5 Å². The van der Waals surface area contributed by atoms with E-state index >= 15 is 0 Å². The van der Waals surface area contributed by atoms with E-state index in [1.165, 1.54) is 10.6 Å². The number of nitriles is 1. The van der Waals surface area contributed by atoms with Crippen molar-refractivity contribution in [1.29, 1.82) is 5.26 Å². The first-order valence-electron chi connectivity index (χ1n) is 6.61. The van der Waals surface area contributed by atoms with E-state index in [9.17, 15) is 9.59 Å². The average molecular weight is 277 g/mol. The van der Waals surface area contributed by atoms with Crippen molar-refractivity contribution in [2.24, 2.45) is 0 Å². The molecule has 0 aliphatic heterocycles. The number of aryl methyl sites for hydroxylation is 1. The second-order valence-corrected chi connectivity index (χ2v) is 4.13. The molecule has 0 atom stereocenters. The van der Waals surface area contributed by atoms with E-state index in [-0.39, 0.29) is 30.2 Å². The molecule has 0 aliphatic carbocycles. The topological polar surface area (TPSA) is 75.3 Å². The Balaban J connectivity index is 2.72. The minimum atomic E-state index is -0.324. The molecule has 6 nitrogen and oxygen atoms in total. The first kappa shape index (κ1) is 15.8. The SMILES string of the molecule is CCN(CC)C(=O)COc1cccn(CCC#N)c1=O. The van der Waals surface area contributed by atoms with Gasteiger partial charge in [0, 0.05) is 25.8 Å². The van der Waals surface area contributed by atoms with E-state index in [0.29, 0.717) is 19.6 Å². The number of carbonyl (C=O) groups is 1. The van der Waals surface area contributed by atoms with E-state index in [1.807, 2.05) is 19.9 Å². The van der Waals surface area contributed by atoms with Crippen LogP contribution in [0.5, 0.6) is 5.75 Å². The lowest BCUT2D eigenvalue weighted by atomic mass is 10.4. The number of pyridine rings is 1. The summed E-state index contributed by atoms with van der Waals surface area (Å²) in [5, 5.41) is 8.53. The molecule has 1 rings (SSSR count). The minimum absolute atomic E-state index is 0.131. The predicted molar refractivity (Wildman–Crippen MR) is 74.4 cm³/mol. The Hall–Kier alpha value is -2.29. The molecule has 0 saturated heterocycles. The number of aromatic nitrogens is 1. The lowest BCUT2D eigenvalue weighted by Gasteiger charge is -2.18. The molecule has 1 heterocycles. The Bertz CT molecular complexity index is 541. The molecule has 6 heteroatoms. The van der Waals surface area contributed by atoms with E-state index in [4.69, 9.17) is 10.00 Å². The maximum Gasteiger partial charge on any atom is 0.292 e. The van der Waals surface area contributed by atoms with Crippen LogP contribution in [0, 0.1) is 11.3 Å². The Kier molecular flexibility index (Phi) is 6.30. The normalized spacial score (nSPS) is 9.85. The number of hydrogen-bond donors (Lipinski definition) is 0. The van der Waals surface area contributed by atoms with Crippen molar-refractivity contribution in [2.45, 2.75) is 26.8 Å². The zero-order valence-electron chi connectivity index (χ0n) is 11.8. The highest BCUT2D eigenvalue weighted by molar-refractivity contribution is 5.77. The third kappa shape index (κ3) is 4.12. The van der Waals surface area contributed by atoms with Gasteiger partial charge in [-0.25, -0.2) is 0 Å². The van der Waals surface area contributed by atoms with Crippen LogP contribution < -0.4 is 10.3 Å². The van der Waals surface area contributed by atoms with Crippen molar-refractivity contribution in [3.8, 4) is 11.8 Å². The smallest absolute Gasteiger partial charge is 0.292 e. The molecular weight excluding hydrogens is 258 g/mol. The highest BCUT2D eigenvalue weighted by Crippen LogP contribution is 2.03. The first-order chi connectivity index (χ1) is 9.63. The fraction of sp³-hybridized carbons (Fsp3) is 0.500. The molecular formula is C14H19N3O3. The molecule has 0 N–H and O–H groups in total. The number of nitrogens with zero attached hydrogens (tertiary/aromatic N) is 3. The molecule has 1 aromatic rings. The Morgan fingerprint density at radius 3 is 2.75 bits per heavy atom. The molecule has 0 saturated carbocycles. The summed E-state index contributed by atoms with van der Waals surface area (Å²) >= 11 is 0. The number of amides is 1. The third-order valence-corrected chi connectivity index (χ3v) is 2.92. The van der Waals surface area contributed by atoms with Crippen LogP contribution in [-0.4, -0.2) is 35.1 Å². The van der Waals surface area contributed by atoms with Gasteiger partial charge in [0.05, 0.1) is 12.5 Å². The molecule has 0 radical (unpaired) electrons. The minimum Gasteiger partial charge on any atom is -0.478 e. The van der Waals surface area contributed by atoms with E-state index in [0.717, 1.165) is 0 Å². The Morgan fingerprint density at radius 2 is 2.15 bits per heavy atom. The summed E-state index contributed by atoms with van der Waals surface area (Å²) in [6.07, 6.45) is 1.85. The molecule has 0 bridgehead atoms. The summed E-state index contributed by atoms with van der Waals surface area (Å²) in [6.45, 7) is 5.16. The average Bonchev–Trinajstić information content (AvgIpc) is 2.46. The Morgan fingerprint density at radius 1 is 1.45 bits per heavy atom. The number of carbonyl (C=O) groups excluding carboxylic acids is 1. The van der Waals surface area contributed by atoms with Gasteiger partial charge in [0.2, 0.25) is 0 Å². The van der Waals surface area contributed by atoms with E-state index < -0.39 is 0 Å². The first-order valence-corrected chi connectivity index (χ1v) is 6.61. The van der Waals surface area contributed by atoms with Crippen molar-refractivity contribution in [3.05, 3.63) is 28.7 Å². The maximum atomic E-state index is 12.0. The lowest BCUT2D eigenvalue weighted by Crippen LogP contribution is -2.35. The fourth-order valence-corrected chi connectivity index (χ4v) is 1.78. The van der Waals surface area contributed by atoms with Crippen molar-refractivity contribution in [1.82, 2.24) is 9.47 Å². The molecule has 0 unspecified atom stereocenters. The summed E-state index contributed by atoms with van der Waals surface area (Å²) in [7, 11) is 0. The van der Waals surface area contributed by atoms with Gasteiger partial charge >= 0.3 is 0 Å². The second-order valence-electron chi connectivity index (χ2n) is 4.13. The monoisotopic (exact) mass is 277 g/mol. The molecule has 20 heavy (non-hydrogen) atoms. The number of hydrogen-bond acceptors (Lipinski definition) is 4. The summed E-state index contributed by atoms with van der Waals surface area (Å²) in [5.41, 5.74) is -0.324. The van der Waals surface area contributed by atoms with E-state index in [2.05, 4.69) is 0 Å². The molecule has 0 aliphatic rings. The van der Waals surface area contributed by atoms with Crippen LogP contribution in [0.25, 0.3) is 0 Å². The van der Waals surface area contributed by atoms with Gasteiger partial charge in [0.15, 0.2) is 12.4 Å². The molecule has 108 valence electrons. The number of likely N-dealkylation sites (N-methyl/N-ethyl adjacent to an activating group) is 1. The van der Waals surface area contributed by atoms with Crippen molar-refractivity contribution >= 4 is 5.91 Å². The molecule has 0 spiro atoms. The number of rotatable bonds is 7. The predicted octanol–water partition coefficient (Wildman–Crippen LogP) is 1.01. The van der Waals surface area contributed by atoms with E-state index in [1.54, 1.807) is 17.2 Å². The summed E-state index contributed by atoms with van der Waals surface area (Å²) in [4.78, 5) is 25.4. The van der Waals surface area contributed by atoms with Gasteiger partial charge in [-0.2, -0.15) is 5.26 Å². The largest absolute Gasteiger partial charge is 0.478 e. The quantitative estimate of drug-likeness (QED) is 0.745. The van der Waals surface area contributed by atoms with Crippen molar-refractivity contribution in [2.75, 3.05) is 19.7 Å². The molecule has 1 amide bonds. The summed E-state index contributed by atoms with van der Waals surface area (Å²) in [5.74, 6) is -0.0206. The van der Waals surface area contributed by atoms with Crippen LogP contribution in [0.15, 0.2) is 23.1 Å². The van der Waals surface area contributed by atoms with Crippen LogP contribution in [0.2, 0.25) is 0 Å². The number of ether oxygens (including phenoxy) is 1. The lowest BCUT2D eigenvalue weighted by molar-refractivity contribution is -0.133. The van der Waals surface area contributed by atoms with Crippen LogP contribution in [0.1, 0.15) is 20.3 Å². The van der Waals surface area contributed by atoms with Crippen molar-refractivity contribution in [3.63, 3.8) is 0 Å². The summed E-state index contributed by atoms with van der Waals surface area (Å²) < 4.78 is 6.70. The highest BCUT2D eigenvalue weighted by atomic mass is 16.5. The summed E-state index contributed by atoms with van der Waals surface area (Å²) in [6, 6.07) is 5.17. The third-order valence-electron chi connectivity index (χ3n) is 2.92. The highest BCUT2D eigenvalue weighted by Gasteiger charge is 2.12.